The minimum Gasteiger partial charge on any atom is -0.399 e. The highest BCUT2D eigenvalue weighted by molar-refractivity contribution is 5.40. The summed E-state index contributed by atoms with van der Waals surface area (Å²) in [6.07, 6.45) is 2.88. The molecule has 3 rings (SSSR count). The predicted octanol–water partition coefficient (Wildman–Crippen LogP) is 2.89. The first kappa shape index (κ1) is 14.1. The van der Waals surface area contributed by atoms with E-state index >= 15 is 0 Å². The van der Waals surface area contributed by atoms with E-state index in [4.69, 9.17) is 15.0 Å². The van der Waals surface area contributed by atoms with Gasteiger partial charge in [-0.2, -0.15) is 4.98 Å². The van der Waals surface area contributed by atoms with Crippen molar-refractivity contribution in [1.29, 1.82) is 0 Å². The van der Waals surface area contributed by atoms with Crippen molar-refractivity contribution in [3.05, 3.63) is 41.5 Å². The molecule has 1 aromatic heterocycles. The molecular weight excluding hydrogens is 266 g/mol. The monoisotopic (exact) mass is 287 g/mol. The highest BCUT2D eigenvalue weighted by Gasteiger charge is 2.22. The van der Waals surface area contributed by atoms with Crippen LogP contribution in [0.5, 0.6) is 0 Å². The third-order valence-corrected chi connectivity index (χ3v) is 4.00. The van der Waals surface area contributed by atoms with Gasteiger partial charge in [0.15, 0.2) is 5.82 Å². The normalized spacial score (nSPS) is 20.3. The summed E-state index contributed by atoms with van der Waals surface area (Å²) in [4.78, 5) is 4.53. The summed E-state index contributed by atoms with van der Waals surface area (Å²) in [6, 6.07) is 7.94. The summed E-state index contributed by atoms with van der Waals surface area (Å²) in [5.41, 5.74) is 7.72. The Morgan fingerprint density at radius 2 is 2.14 bits per heavy atom. The number of nitrogens with two attached hydrogens (primary N) is 1. The topological polar surface area (TPSA) is 74.2 Å². The smallest absolute Gasteiger partial charge is 0.227 e. The summed E-state index contributed by atoms with van der Waals surface area (Å²) < 4.78 is 10.9. The van der Waals surface area contributed by atoms with E-state index in [0.29, 0.717) is 18.4 Å². The number of rotatable bonds is 4. The fourth-order valence-corrected chi connectivity index (χ4v) is 2.67. The Morgan fingerprint density at radius 3 is 2.86 bits per heavy atom. The maximum absolute atomic E-state index is 5.71. The van der Waals surface area contributed by atoms with Crippen LogP contribution in [0.25, 0.3) is 0 Å². The van der Waals surface area contributed by atoms with E-state index in [0.717, 1.165) is 37.4 Å². The predicted molar refractivity (Wildman–Crippen MR) is 80.1 cm³/mol. The maximum atomic E-state index is 5.71. The lowest BCUT2D eigenvalue weighted by Gasteiger charge is -2.18. The molecule has 1 aliphatic heterocycles. The highest BCUT2D eigenvalue weighted by atomic mass is 16.5. The van der Waals surface area contributed by atoms with Crippen molar-refractivity contribution in [2.24, 2.45) is 0 Å². The van der Waals surface area contributed by atoms with E-state index in [1.54, 1.807) is 0 Å². The lowest BCUT2D eigenvalue weighted by molar-refractivity contribution is 0.0773. The molecule has 2 unspecified atom stereocenters. The van der Waals surface area contributed by atoms with Crippen LogP contribution in [0.15, 0.2) is 28.8 Å². The van der Waals surface area contributed by atoms with Crippen molar-refractivity contribution in [2.45, 2.75) is 38.0 Å². The molecule has 1 saturated heterocycles. The number of aromatic nitrogens is 2. The lowest BCUT2D eigenvalue weighted by Crippen LogP contribution is -2.16. The molecule has 0 aliphatic carbocycles. The van der Waals surface area contributed by atoms with Crippen molar-refractivity contribution in [1.82, 2.24) is 10.1 Å². The third kappa shape index (κ3) is 3.42. The largest absolute Gasteiger partial charge is 0.399 e. The van der Waals surface area contributed by atoms with Crippen LogP contribution in [0.4, 0.5) is 5.69 Å². The molecule has 0 spiro atoms. The second kappa shape index (κ2) is 6.26. The Morgan fingerprint density at radius 1 is 1.33 bits per heavy atom. The number of nitrogen functional groups attached to an aromatic ring is 1. The maximum Gasteiger partial charge on any atom is 0.227 e. The van der Waals surface area contributed by atoms with Crippen molar-refractivity contribution < 1.29 is 9.26 Å². The van der Waals surface area contributed by atoms with E-state index in [1.807, 2.05) is 24.3 Å². The van der Waals surface area contributed by atoms with E-state index < -0.39 is 0 Å². The van der Waals surface area contributed by atoms with Crippen LogP contribution >= 0.6 is 0 Å². The van der Waals surface area contributed by atoms with Crippen LogP contribution in [-0.2, 0) is 11.2 Å². The van der Waals surface area contributed by atoms with Gasteiger partial charge in [0.05, 0.1) is 6.61 Å². The van der Waals surface area contributed by atoms with E-state index in [-0.39, 0.29) is 5.92 Å². The number of ether oxygens (including phenoxy) is 1. The van der Waals surface area contributed by atoms with Crippen molar-refractivity contribution in [3.8, 4) is 0 Å². The zero-order valence-electron chi connectivity index (χ0n) is 12.3. The Kier molecular flexibility index (Phi) is 4.20. The molecule has 5 heteroatoms. The minimum absolute atomic E-state index is 0.281. The number of hydrogen-bond acceptors (Lipinski definition) is 5. The van der Waals surface area contributed by atoms with Crippen LogP contribution in [0.3, 0.4) is 0 Å². The molecule has 21 heavy (non-hydrogen) atoms. The van der Waals surface area contributed by atoms with Gasteiger partial charge in [0.25, 0.3) is 0 Å². The van der Waals surface area contributed by atoms with Gasteiger partial charge in [-0.3, -0.25) is 0 Å². The quantitative estimate of drug-likeness (QED) is 0.875. The third-order valence-electron chi connectivity index (χ3n) is 4.00. The van der Waals surface area contributed by atoms with Crippen LogP contribution < -0.4 is 5.73 Å². The average molecular weight is 287 g/mol. The van der Waals surface area contributed by atoms with E-state index in [1.165, 1.54) is 5.56 Å². The fraction of sp³-hybridized carbons (Fsp3) is 0.500. The Bertz CT molecular complexity index is 573. The zero-order chi connectivity index (χ0) is 14.7. The molecule has 2 aromatic rings. The number of anilines is 1. The molecule has 0 bridgehead atoms. The number of nitrogens with zero attached hydrogens (tertiary/aromatic N) is 2. The SMILES string of the molecule is CC(Cc1nc(C2CCCOC2)no1)c1ccc(N)cc1. The molecule has 2 heterocycles. The molecule has 112 valence electrons. The minimum atomic E-state index is 0.281. The van der Waals surface area contributed by atoms with Crippen LogP contribution in [0.2, 0.25) is 0 Å². The van der Waals surface area contributed by atoms with Gasteiger partial charge in [-0.25, -0.2) is 0 Å². The van der Waals surface area contributed by atoms with Gasteiger partial charge < -0.3 is 15.0 Å². The van der Waals surface area contributed by atoms with E-state index in [2.05, 4.69) is 17.1 Å². The zero-order valence-corrected chi connectivity index (χ0v) is 12.3. The summed E-state index contributed by atoms with van der Waals surface area (Å²) in [7, 11) is 0. The highest BCUT2D eigenvalue weighted by Crippen LogP contribution is 2.25. The second-order valence-corrected chi connectivity index (χ2v) is 5.73. The molecule has 1 fully saturated rings. The van der Waals surface area contributed by atoms with Crippen LogP contribution in [0.1, 0.15) is 48.9 Å². The van der Waals surface area contributed by atoms with Gasteiger partial charge in [0, 0.05) is 24.6 Å². The Balaban J connectivity index is 1.64. The summed E-state index contributed by atoms with van der Waals surface area (Å²) in [5.74, 6) is 2.08. The van der Waals surface area contributed by atoms with Crippen molar-refractivity contribution in [3.63, 3.8) is 0 Å². The molecule has 0 saturated carbocycles. The van der Waals surface area contributed by atoms with Gasteiger partial charge in [-0.15, -0.1) is 0 Å². The van der Waals surface area contributed by atoms with E-state index in [9.17, 15) is 0 Å². The van der Waals surface area contributed by atoms with Gasteiger partial charge in [0.2, 0.25) is 5.89 Å². The molecule has 0 amide bonds. The average Bonchev–Trinajstić information content (AvgIpc) is 2.97. The standard InChI is InChI=1S/C16H21N3O2/c1-11(12-4-6-14(17)7-5-12)9-15-18-16(19-21-15)13-3-2-8-20-10-13/h4-7,11,13H,2-3,8-10,17H2,1H3. The fourth-order valence-electron chi connectivity index (χ4n) is 2.67. The molecule has 0 radical (unpaired) electrons. The Labute approximate surface area is 124 Å². The number of benzene rings is 1. The molecule has 5 nitrogen and oxygen atoms in total. The van der Waals surface area contributed by atoms with Gasteiger partial charge in [-0.05, 0) is 36.5 Å². The summed E-state index contributed by atoms with van der Waals surface area (Å²) in [5, 5.41) is 4.11. The molecule has 2 atom stereocenters. The molecule has 2 N–H and O–H groups in total. The Hall–Kier alpha value is -1.88. The van der Waals surface area contributed by atoms with Crippen LogP contribution in [-0.4, -0.2) is 23.4 Å². The lowest BCUT2D eigenvalue weighted by atomic mass is 9.97. The van der Waals surface area contributed by atoms with Crippen molar-refractivity contribution in [2.75, 3.05) is 18.9 Å². The molecule has 1 aliphatic rings. The molecule has 1 aromatic carbocycles. The first-order valence-corrected chi connectivity index (χ1v) is 7.48. The van der Waals surface area contributed by atoms with Crippen molar-refractivity contribution >= 4 is 5.69 Å². The van der Waals surface area contributed by atoms with Crippen LogP contribution in [0, 0.1) is 0 Å². The first-order valence-electron chi connectivity index (χ1n) is 7.48. The second-order valence-electron chi connectivity index (χ2n) is 5.73. The number of hydrogen-bond donors (Lipinski definition) is 1. The van der Waals surface area contributed by atoms with Gasteiger partial charge >= 0.3 is 0 Å². The van der Waals surface area contributed by atoms with Gasteiger partial charge in [0.1, 0.15) is 0 Å². The summed E-state index contributed by atoms with van der Waals surface area (Å²) in [6.45, 7) is 3.70. The molecular formula is C16H21N3O2. The first-order chi connectivity index (χ1) is 10.2. The summed E-state index contributed by atoms with van der Waals surface area (Å²) >= 11 is 0. The van der Waals surface area contributed by atoms with Gasteiger partial charge in [-0.1, -0.05) is 24.2 Å².